The van der Waals surface area contributed by atoms with Crippen LogP contribution in [0, 0.1) is 0 Å². The summed E-state index contributed by atoms with van der Waals surface area (Å²) in [5, 5.41) is 4.39. The standard InChI is InChI=1S/C16H13ClN2O3/c1-9(20)18-7-8-19-15(21)11-4-2-3-10-13(17)6-5-12(14(10)11)16(19)22/h2-6H,7-8H2,1H3,(H,18,20). The average Bonchev–Trinajstić information content (AvgIpc) is 2.49. The number of carbonyl (C=O) groups is 3. The largest absolute Gasteiger partial charge is 0.355 e. The minimum Gasteiger partial charge on any atom is -0.355 e. The van der Waals surface area contributed by atoms with E-state index in [0.717, 1.165) is 4.90 Å². The van der Waals surface area contributed by atoms with Gasteiger partial charge in [-0.25, -0.2) is 0 Å². The Balaban J connectivity index is 2.05. The summed E-state index contributed by atoms with van der Waals surface area (Å²) in [6.07, 6.45) is 0. The van der Waals surface area contributed by atoms with Crippen LogP contribution in [-0.2, 0) is 4.79 Å². The van der Waals surface area contributed by atoms with Gasteiger partial charge in [0.2, 0.25) is 5.91 Å². The van der Waals surface area contributed by atoms with Crippen molar-refractivity contribution in [3.63, 3.8) is 0 Å². The summed E-state index contributed by atoms with van der Waals surface area (Å²) >= 11 is 6.15. The predicted molar refractivity (Wildman–Crippen MR) is 83.0 cm³/mol. The van der Waals surface area contributed by atoms with Gasteiger partial charge in [-0.15, -0.1) is 0 Å². The van der Waals surface area contributed by atoms with Crippen LogP contribution in [0.5, 0.6) is 0 Å². The molecule has 0 saturated carbocycles. The molecule has 2 aromatic rings. The lowest BCUT2D eigenvalue weighted by molar-refractivity contribution is -0.119. The minimum absolute atomic E-state index is 0.135. The van der Waals surface area contributed by atoms with Crippen molar-refractivity contribution in [3.8, 4) is 0 Å². The molecule has 1 heterocycles. The highest BCUT2D eigenvalue weighted by Crippen LogP contribution is 2.33. The second kappa shape index (κ2) is 5.42. The van der Waals surface area contributed by atoms with Crippen LogP contribution in [0.15, 0.2) is 30.3 Å². The second-order valence-electron chi connectivity index (χ2n) is 5.07. The van der Waals surface area contributed by atoms with E-state index >= 15 is 0 Å². The zero-order chi connectivity index (χ0) is 15.9. The summed E-state index contributed by atoms with van der Waals surface area (Å²) in [4.78, 5) is 37.2. The zero-order valence-corrected chi connectivity index (χ0v) is 12.6. The molecule has 22 heavy (non-hydrogen) atoms. The molecule has 1 aliphatic heterocycles. The Morgan fingerprint density at radius 3 is 2.50 bits per heavy atom. The van der Waals surface area contributed by atoms with Gasteiger partial charge in [0, 0.05) is 46.9 Å². The molecule has 0 radical (unpaired) electrons. The number of halogens is 1. The van der Waals surface area contributed by atoms with Gasteiger partial charge >= 0.3 is 0 Å². The predicted octanol–water partition coefficient (Wildman–Crippen LogP) is 2.23. The SMILES string of the molecule is CC(=O)NCCN1C(=O)c2cccc3c(Cl)ccc(c23)C1=O. The average molecular weight is 317 g/mol. The number of carbonyl (C=O) groups excluding carboxylic acids is 3. The molecule has 0 spiro atoms. The van der Waals surface area contributed by atoms with E-state index in [-0.39, 0.29) is 30.8 Å². The number of imide groups is 1. The van der Waals surface area contributed by atoms with E-state index in [1.807, 2.05) is 0 Å². The second-order valence-corrected chi connectivity index (χ2v) is 5.48. The number of nitrogens with zero attached hydrogens (tertiary/aromatic N) is 1. The van der Waals surface area contributed by atoms with E-state index in [4.69, 9.17) is 11.6 Å². The highest BCUT2D eigenvalue weighted by atomic mass is 35.5. The third-order valence-corrected chi connectivity index (χ3v) is 3.98. The van der Waals surface area contributed by atoms with E-state index in [1.165, 1.54) is 6.92 Å². The molecule has 2 aromatic carbocycles. The van der Waals surface area contributed by atoms with E-state index < -0.39 is 0 Å². The monoisotopic (exact) mass is 316 g/mol. The smallest absolute Gasteiger partial charge is 0.261 e. The maximum absolute atomic E-state index is 12.5. The number of hydrogen-bond acceptors (Lipinski definition) is 3. The summed E-state index contributed by atoms with van der Waals surface area (Å²) in [5.41, 5.74) is 0.912. The molecule has 0 fully saturated rings. The lowest BCUT2D eigenvalue weighted by Crippen LogP contribution is -2.44. The van der Waals surface area contributed by atoms with Crippen LogP contribution in [0.1, 0.15) is 27.6 Å². The zero-order valence-electron chi connectivity index (χ0n) is 11.9. The Morgan fingerprint density at radius 2 is 1.82 bits per heavy atom. The molecule has 112 valence electrons. The summed E-state index contributed by atoms with van der Waals surface area (Å²) in [6.45, 7) is 1.75. The first kappa shape index (κ1) is 14.5. The lowest BCUT2D eigenvalue weighted by atomic mass is 9.94. The first-order chi connectivity index (χ1) is 10.5. The first-order valence-corrected chi connectivity index (χ1v) is 7.20. The van der Waals surface area contributed by atoms with E-state index in [9.17, 15) is 14.4 Å². The van der Waals surface area contributed by atoms with Crippen molar-refractivity contribution in [2.45, 2.75) is 6.92 Å². The highest BCUT2D eigenvalue weighted by molar-refractivity contribution is 6.38. The maximum Gasteiger partial charge on any atom is 0.261 e. The van der Waals surface area contributed by atoms with Crippen molar-refractivity contribution in [1.29, 1.82) is 0 Å². The lowest BCUT2D eigenvalue weighted by Gasteiger charge is -2.27. The van der Waals surface area contributed by atoms with Gasteiger partial charge in [0.25, 0.3) is 11.8 Å². The molecule has 1 aliphatic rings. The molecule has 0 unspecified atom stereocenters. The molecule has 3 amide bonds. The van der Waals surface area contributed by atoms with Gasteiger partial charge in [0.1, 0.15) is 0 Å². The molecular formula is C16H13ClN2O3. The van der Waals surface area contributed by atoms with Crippen LogP contribution in [0.4, 0.5) is 0 Å². The van der Waals surface area contributed by atoms with Crippen molar-refractivity contribution >= 4 is 40.1 Å². The number of benzene rings is 2. The Hall–Kier alpha value is -2.40. The molecule has 0 aliphatic carbocycles. The summed E-state index contributed by atoms with van der Waals surface area (Å²) in [7, 11) is 0. The van der Waals surface area contributed by atoms with Gasteiger partial charge in [-0.2, -0.15) is 0 Å². The number of amides is 3. The van der Waals surface area contributed by atoms with Crippen LogP contribution in [0.25, 0.3) is 10.8 Å². The fraction of sp³-hybridized carbons (Fsp3) is 0.188. The Labute approximate surface area is 131 Å². The normalized spacial score (nSPS) is 13.6. The van der Waals surface area contributed by atoms with Crippen molar-refractivity contribution in [2.75, 3.05) is 13.1 Å². The first-order valence-electron chi connectivity index (χ1n) is 6.82. The van der Waals surface area contributed by atoms with Crippen molar-refractivity contribution in [3.05, 3.63) is 46.5 Å². The van der Waals surface area contributed by atoms with Crippen LogP contribution in [0.3, 0.4) is 0 Å². The molecule has 3 rings (SSSR count). The molecule has 0 aromatic heterocycles. The number of hydrogen-bond donors (Lipinski definition) is 1. The van der Waals surface area contributed by atoms with E-state index in [1.54, 1.807) is 30.3 Å². The molecule has 5 nitrogen and oxygen atoms in total. The molecule has 0 saturated heterocycles. The van der Waals surface area contributed by atoms with Gasteiger partial charge in [-0.3, -0.25) is 19.3 Å². The van der Waals surface area contributed by atoms with Crippen LogP contribution < -0.4 is 5.32 Å². The van der Waals surface area contributed by atoms with Gasteiger partial charge in [-0.1, -0.05) is 23.7 Å². The van der Waals surface area contributed by atoms with Gasteiger partial charge in [0.05, 0.1) is 0 Å². The minimum atomic E-state index is -0.365. The highest BCUT2D eigenvalue weighted by Gasteiger charge is 2.32. The summed E-state index contributed by atoms with van der Waals surface area (Å²) in [5.74, 6) is -0.933. The van der Waals surface area contributed by atoms with Crippen LogP contribution in [-0.4, -0.2) is 35.7 Å². The fourth-order valence-electron chi connectivity index (χ4n) is 2.66. The van der Waals surface area contributed by atoms with E-state index in [2.05, 4.69) is 5.32 Å². The Bertz CT molecular complexity index is 794. The quantitative estimate of drug-likeness (QED) is 0.883. The molecular weight excluding hydrogens is 304 g/mol. The third-order valence-electron chi connectivity index (χ3n) is 3.65. The Kier molecular flexibility index (Phi) is 3.58. The molecule has 0 bridgehead atoms. The summed E-state index contributed by atoms with van der Waals surface area (Å²) in [6, 6.07) is 8.50. The molecule has 1 N–H and O–H groups in total. The van der Waals surface area contributed by atoms with E-state index in [0.29, 0.717) is 26.9 Å². The fourth-order valence-corrected chi connectivity index (χ4v) is 2.88. The molecule has 6 heteroatoms. The van der Waals surface area contributed by atoms with Crippen molar-refractivity contribution in [1.82, 2.24) is 10.2 Å². The van der Waals surface area contributed by atoms with Gasteiger partial charge in [-0.05, 0) is 18.2 Å². The van der Waals surface area contributed by atoms with Crippen LogP contribution in [0.2, 0.25) is 5.02 Å². The Morgan fingerprint density at radius 1 is 1.14 bits per heavy atom. The number of rotatable bonds is 3. The van der Waals surface area contributed by atoms with Gasteiger partial charge < -0.3 is 5.32 Å². The van der Waals surface area contributed by atoms with Crippen LogP contribution >= 0.6 is 11.6 Å². The number of nitrogens with one attached hydrogen (secondary N) is 1. The van der Waals surface area contributed by atoms with Crippen molar-refractivity contribution in [2.24, 2.45) is 0 Å². The molecule has 0 atom stereocenters. The summed E-state index contributed by atoms with van der Waals surface area (Å²) < 4.78 is 0. The topological polar surface area (TPSA) is 66.5 Å². The third kappa shape index (κ3) is 2.23. The van der Waals surface area contributed by atoms with Gasteiger partial charge in [0.15, 0.2) is 0 Å². The maximum atomic E-state index is 12.5. The van der Waals surface area contributed by atoms with Crippen molar-refractivity contribution < 1.29 is 14.4 Å².